The number of carbonyl (C=O) groups is 1. The normalized spacial score (nSPS) is 23.8. The number of benzene rings is 1. The SMILES string of the molecule is CN1CCN(C)[C@@H](CC(=O)N2CCN(Cc3cccc(O)c3)CC2)C1. The quantitative estimate of drug-likeness (QED) is 0.869. The highest BCUT2D eigenvalue weighted by molar-refractivity contribution is 5.77. The van der Waals surface area contributed by atoms with Gasteiger partial charge in [0.1, 0.15) is 5.75 Å². The molecule has 2 aliphatic heterocycles. The van der Waals surface area contributed by atoms with Gasteiger partial charge in [-0.3, -0.25) is 9.69 Å². The van der Waals surface area contributed by atoms with Crippen molar-refractivity contribution in [3.05, 3.63) is 29.8 Å². The zero-order chi connectivity index (χ0) is 17.8. The van der Waals surface area contributed by atoms with Crippen LogP contribution in [-0.4, -0.2) is 96.6 Å². The number of phenols is 1. The maximum Gasteiger partial charge on any atom is 0.224 e. The molecule has 2 saturated heterocycles. The summed E-state index contributed by atoms with van der Waals surface area (Å²) in [5, 5.41) is 9.57. The maximum absolute atomic E-state index is 12.7. The van der Waals surface area contributed by atoms with Gasteiger partial charge in [0, 0.05) is 64.8 Å². The molecule has 1 amide bonds. The Morgan fingerprint density at radius 1 is 1.12 bits per heavy atom. The van der Waals surface area contributed by atoms with Crippen molar-refractivity contribution in [2.24, 2.45) is 0 Å². The molecule has 3 rings (SSSR count). The number of likely N-dealkylation sites (N-methyl/N-ethyl adjacent to an activating group) is 2. The Hall–Kier alpha value is -1.63. The molecule has 6 heteroatoms. The van der Waals surface area contributed by atoms with Crippen LogP contribution in [0.4, 0.5) is 0 Å². The van der Waals surface area contributed by atoms with E-state index in [1.165, 1.54) is 0 Å². The summed E-state index contributed by atoms with van der Waals surface area (Å²) in [5.74, 6) is 0.594. The number of nitrogens with zero attached hydrogens (tertiary/aromatic N) is 4. The van der Waals surface area contributed by atoms with Crippen molar-refractivity contribution in [1.82, 2.24) is 19.6 Å². The van der Waals surface area contributed by atoms with E-state index in [1.54, 1.807) is 6.07 Å². The van der Waals surface area contributed by atoms with Crippen molar-refractivity contribution in [2.75, 3.05) is 59.9 Å². The van der Waals surface area contributed by atoms with Crippen LogP contribution in [0.1, 0.15) is 12.0 Å². The van der Waals surface area contributed by atoms with Crippen LogP contribution < -0.4 is 0 Å². The lowest BCUT2D eigenvalue weighted by molar-refractivity contribution is -0.134. The van der Waals surface area contributed by atoms with E-state index in [2.05, 4.69) is 28.8 Å². The molecule has 2 fully saturated rings. The van der Waals surface area contributed by atoms with Crippen LogP contribution in [0.15, 0.2) is 24.3 Å². The molecule has 25 heavy (non-hydrogen) atoms. The fourth-order valence-corrected chi connectivity index (χ4v) is 3.72. The van der Waals surface area contributed by atoms with Gasteiger partial charge in [-0.05, 0) is 31.8 Å². The summed E-state index contributed by atoms with van der Waals surface area (Å²) in [6.07, 6.45) is 0.618. The molecule has 1 aromatic carbocycles. The molecule has 0 unspecified atom stereocenters. The second kappa shape index (κ2) is 8.17. The van der Waals surface area contributed by atoms with E-state index in [-0.39, 0.29) is 5.91 Å². The Kier molecular flexibility index (Phi) is 5.93. The van der Waals surface area contributed by atoms with E-state index in [1.807, 2.05) is 23.1 Å². The van der Waals surface area contributed by atoms with Gasteiger partial charge in [0.05, 0.1) is 0 Å². The summed E-state index contributed by atoms with van der Waals surface area (Å²) in [4.78, 5) is 21.6. The van der Waals surface area contributed by atoms with Crippen LogP contribution in [0.2, 0.25) is 0 Å². The molecule has 1 aromatic rings. The van der Waals surface area contributed by atoms with Gasteiger partial charge in [0.25, 0.3) is 0 Å². The number of aromatic hydroxyl groups is 1. The summed E-state index contributed by atoms with van der Waals surface area (Å²) in [6.45, 7) is 7.28. The van der Waals surface area contributed by atoms with Gasteiger partial charge >= 0.3 is 0 Å². The first-order chi connectivity index (χ1) is 12.0. The average Bonchev–Trinajstić information content (AvgIpc) is 2.59. The number of piperazine rings is 2. The Balaban J connectivity index is 1.46. The van der Waals surface area contributed by atoms with E-state index in [0.717, 1.165) is 57.9 Å². The third-order valence-electron chi connectivity index (χ3n) is 5.43. The predicted molar refractivity (Wildman–Crippen MR) is 98.5 cm³/mol. The number of hydrogen-bond donors (Lipinski definition) is 1. The third kappa shape index (κ3) is 4.93. The lowest BCUT2D eigenvalue weighted by atomic mass is 10.1. The molecule has 2 heterocycles. The molecule has 0 aliphatic carbocycles. The maximum atomic E-state index is 12.7. The third-order valence-corrected chi connectivity index (χ3v) is 5.43. The van der Waals surface area contributed by atoms with E-state index < -0.39 is 0 Å². The molecule has 0 bridgehead atoms. The standard InChI is InChI=1S/C19H30N4O2/c1-20-6-7-21(2)17(15-20)13-19(25)23-10-8-22(9-11-23)14-16-4-3-5-18(24)12-16/h3-5,12,17,24H,6-11,13-15H2,1-2H3/t17-/m0/s1. The van der Waals surface area contributed by atoms with Crippen LogP contribution in [-0.2, 0) is 11.3 Å². The molecular formula is C19H30N4O2. The zero-order valence-corrected chi connectivity index (χ0v) is 15.4. The average molecular weight is 346 g/mol. The van der Waals surface area contributed by atoms with Crippen molar-refractivity contribution < 1.29 is 9.90 Å². The molecule has 0 aromatic heterocycles. The largest absolute Gasteiger partial charge is 0.508 e. The van der Waals surface area contributed by atoms with Crippen molar-refractivity contribution in [1.29, 1.82) is 0 Å². The monoisotopic (exact) mass is 346 g/mol. The van der Waals surface area contributed by atoms with Crippen molar-refractivity contribution in [3.8, 4) is 5.75 Å². The zero-order valence-electron chi connectivity index (χ0n) is 15.4. The highest BCUT2D eigenvalue weighted by Gasteiger charge is 2.28. The van der Waals surface area contributed by atoms with Crippen LogP contribution in [0.3, 0.4) is 0 Å². The van der Waals surface area contributed by atoms with Crippen LogP contribution >= 0.6 is 0 Å². The first kappa shape index (κ1) is 18.2. The van der Waals surface area contributed by atoms with Gasteiger partial charge in [-0.25, -0.2) is 0 Å². The molecule has 2 aliphatic rings. The van der Waals surface area contributed by atoms with E-state index in [4.69, 9.17) is 0 Å². The summed E-state index contributed by atoms with van der Waals surface area (Å²) >= 11 is 0. The minimum absolute atomic E-state index is 0.282. The van der Waals surface area contributed by atoms with Crippen LogP contribution in [0.5, 0.6) is 5.75 Å². The number of rotatable bonds is 4. The topological polar surface area (TPSA) is 50.3 Å². The Bertz CT molecular complexity index is 587. The lowest BCUT2D eigenvalue weighted by Crippen LogP contribution is -2.53. The van der Waals surface area contributed by atoms with Gasteiger partial charge in [0.15, 0.2) is 0 Å². The summed E-state index contributed by atoms with van der Waals surface area (Å²) in [5.41, 5.74) is 1.12. The highest BCUT2D eigenvalue weighted by Crippen LogP contribution is 2.16. The van der Waals surface area contributed by atoms with Crippen molar-refractivity contribution in [3.63, 3.8) is 0 Å². The Morgan fingerprint density at radius 2 is 1.88 bits per heavy atom. The first-order valence-electron chi connectivity index (χ1n) is 9.18. The fourth-order valence-electron chi connectivity index (χ4n) is 3.72. The Labute approximate surface area is 150 Å². The van der Waals surface area contributed by atoms with Crippen LogP contribution in [0, 0.1) is 0 Å². The predicted octanol–water partition coefficient (Wildman–Crippen LogP) is 0.672. The first-order valence-corrected chi connectivity index (χ1v) is 9.18. The second-order valence-electron chi connectivity index (χ2n) is 7.43. The fraction of sp³-hybridized carbons (Fsp3) is 0.632. The smallest absolute Gasteiger partial charge is 0.224 e. The molecule has 0 spiro atoms. The minimum atomic E-state index is 0.282. The van der Waals surface area contributed by atoms with Crippen molar-refractivity contribution in [2.45, 2.75) is 19.0 Å². The molecular weight excluding hydrogens is 316 g/mol. The van der Waals surface area contributed by atoms with Gasteiger partial charge < -0.3 is 19.8 Å². The number of hydrogen-bond acceptors (Lipinski definition) is 5. The molecule has 138 valence electrons. The van der Waals surface area contributed by atoms with Crippen molar-refractivity contribution >= 4 is 5.91 Å². The highest BCUT2D eigenvalue weighted by atomic mass is 16.3. The molecule has 1 N–H and O–H groups in total. The summed E-state index contributed by atoms with van der Waals surface area (Å²) in [7, 11) is 4.25. The van der Waals surface area contributed by atoms with E-state index in [9.17, 15) is 9.90 Å². The second-order valence-corrected chi connectivity index (χ2v) is 7.43. The van der Waals surface area contributed by atoms with Gasteiger partial charge in [-0.1, -0.05) is 12.1 Å². The minimum Gasteiger partial charge on any atom is -0.508 e. The number of carbonyl (C=O) groups excluding carboxylic acids is 1. The molecule has 6 nitrogen and oxygen atoms in total. The van der Waals surface area contributed by atoms with Gasteiger partial charge in [-0.15, -0.1) is 0 Å². The Morgan fingerprint density at radius 3 is 2.60 bits per heavy atom. The van der Waals surface area contributed by atoms with Gasteiger partial charge in [-0.2, -0.15) is 0 Å². The van der Waals surface area contributed by atoms with Crippen LogP contribution in [0.25, 0.3) is 0 Å². The summed E-state index contributed by atoms with van der Waals surface area (Å²) < 4.78 is 0. The summed E-state index contributed by atoms with van der Waals surface area (Å²) in [6, 6.07) is 7.75. The molecule has 0 radical (unpaired) electrons. The number of phenolic OH excluding ortho intramolecular Hbond substituents is 1. The lowest BCUT2D eigenvalue weighted by Gasteiger charge is -2.39. The van der Waals surface area contributed by atoms with E-state index >= 15 is 0 Å². The van der Waals surface area contributed by atoms with E-state index in [0.29, 0.717) is 18.2 Å². The number of amides is 1. The molecule has 0 saturated carbocycles. The van der Waals surface area contributed by atoms with Gasteiger partial charge in [0.2, 0.25) is 5.91 Å². The molecule has 1 atom stereocenters.